The van der Waals surface area contributed by atoms with Crippen molar-refractivity contribution in [3.8, 4) is 50.2 Å². The van der Waals surface area contributed by atoms with Crippen molar-refractivity contribution in [3.63, 3.8) is 0 Å². The van der Waals surface area contributed by atoms with Crippen molar-refractivity contribution in [3.05, 3.63) is 243 Å². The Kier molecular flexibility index (Phi) is 8.83. The van der Waals surface area contributed by atoms with Crippen LogP contribution in [0.25, 0.3) is 93.9 Å². The molecule has 0 aliphatic heterocycles. The second kappa shape index (κ2) is 15.3. The topological polar surface area (TPSA) is 21.3 Å². The molecule has 3 heteroatoms. The summed E-state index contributed by atoms with van der Waals surface area (Å²) >= 11 is 0. The predicted octanol–water partition coefficient (Wildman–Crippen LogP) is 16.8. The first-order chi connectivity index (χ1) is 31.2. The Morgan fingerprint density at radius 2 is 0.825 bits per heavy atom. The van der Waals surface area contributed by atoms with E-state index in [4.69, 9.17) is 4.42 Å². The molecule has 0 saturated heterocycles. The molecular formula is C60H40N2O. The van der Waals surface area contributed by atoms with Crippen molar-refractivity contribution >= 4 is 60.8 Å². The molecular weight excluding hydrogens is 765 g/mol. The van der Waals surface area contributed by atoms with Crippen LogP contribution in [-0.2, 0) is 0 Å². The zero-order valence-electron chi connectivity index (χ0n) is 34.4. The molecule has 12 aromatic rings. The van der Waals surface area contributed by atoms with E-state index in [1.54, 1.807) is 0 Å². The van der Waals surface area contributed by atoms with Crippen LogP contribution in [0.1, 0.15) is 0 Å². The standard InChI is InChI=1S/C60H40N2O/c1-2-14-41(15-3-1)42-28-30-44(31-29-42)51-20-4-8-24-56(51)61(49-18-13-17-46(39-49)47-34-37-55-54-23-7-11-27-59(54)63-60(55)40-47)48-35-32-43(33-36-48)45-16-12-19-50(38-45)62-57-25-9-5-21-52(57)53-22-6-10-26-58(53)62/h1-40H. The maximum absolute atomic E-state index is 6.33. The number of fused-ring (bicyclic) bond motifs is 6. The van der Waals surface area contributed by atoms with Crippen LogP contribution in [0.3, 0.4) is 0 Å². The van der Waals surface area contributed by atoms with Crippen LogP contribution in [0.15, 0.2) is 247 Å². The van der Waals surface area contributed by atoms with Crippen molar-refractivity contribution in [1.29, 1.82) is 0 Å². The normalized spacial score (nSPS) is 11.5. The average Bonchev–Trinajstić information content (AvgIpc) is 3.90. The van der Waals surface area contributed by atoms with E-state index >= 15 is 0 Å². The van der Waals surface area contributed by atoms with Crippen LogP contribution in [0.2, 0.25) is 0 Å². The van der Waals surface area contributed by atoms with Crippen molar-refractivity contribution in [2.45, 2.75) is 0 Å². The largest absolute Gasteiger partial charge is 0.456 e. The van der Waals surface area contributed by atoms with Gasteiger partial charge in [0, 0.05) is 44.2 Å². The lowest BCUT2D eigenvalue weighted by molar-refractivity contribution is 0.669. The number of rotatable bonds is 8. The summed E-state index contributed by atoms with van der Waals surface area (Å²) in [6.45, 7) is 0. The molecule has 0 aliphatic carbocycles. The zero-order valence-corrected chi connectivity index (χ0v) is 34.4. The van der Waals surface area contributed by atoms with Gasteiger partial charge in [0.05, 0.1) is 16.7 Å². The Bertz CT molecular complexity index is 3560. The molecule has 63 heavy (non-hydrogen) atoms. The number of nitrogens with zero attached hydrogens (tertiary/aromatic N) is 2. The van der Waals surface area contributed by atoms with E-state index in [0.29, 0.717) is 0 Å². The van der Waals surface area contributed by atoms with Crippen LogP contribution in [0.4, 0.5) is 17.1 Å². The summed E-state index contributed by atoms with van der Waals surface area (Å²) in [7, 11) is 0. The van der Waals surface area contributed by atoms with Gasteiger partial charge in [0.25, 0.3) is 0 Å². The zero-order chi connectivity index (χ0) is 41.7. The quantitative estimate of drug-likeness (QED) is 0.153. The Labute approximate surface area is 366 Å². The Hall–Kier alpha value is -8.40. The lowest BCUT2D eigenvalue weighted by Gasteiger charge is -2.28. The number of furan rings is 1. The summed E-state index contributed by atoms with van der Waals surface area (Å²) in [4.78, 5) is 2.39. The molecule has 10 aromatic carbocycles. The summed E-state index contributed by atoms with van der Waals surface area (Å²) in [6, 6.07) is 87.2. The fourth-order valence-corrected chi connectivity index (χ4v) is 9.37. The van der Waals surface area contributed by atoms with Crippen molar-refractivity contribution in [1.82, 2.24) is 4.57 Å². The molecule has 0 bridgehead atoms. The minimum Gasteiger partial charge on any atom is -0.456 e. The molecule has 0 aliphatic rings. The van der Waals surface area contributed by atoms with E-state index in [0.717, 1.165) is 78.1 Å². The molecule has 2 aromatic heterocycles. The fourth-order valence-electron chi connectivity index (χ4n) is 9.37. The van der Waals surface area contributed by atoms with Gasteiger partial charge >= 0.3 is 0 Å². The number of anilines is 3. The average molecular weight is 805 g/mol. The third kappa shape index (κ3) is 6.46. The van der Waals surface area contributed by atoms with Crippen molar-refractivity contribution in [2.75, 3.05) is 4.90 Å². The summed E-state index contributed by atoms with van der Waals surface area (Å²) in [6.07, 6.45) is 0. The minimum atomic E-state index is 0.887. The number of benzene rings is 10. The summed E-state index contributed by atoms with van der Waals surface area (Å²) < 4.78 is 8.72. The number of para-hydroxylation sites is 4. The second-order valence-electron chi connectivity index (χ2n) is 16.1. The van der Waals surface area contributed by atoms with E-state index < -0.39 is 0 Å². The number of aromatic nitrogens is 1. The van der Waals surface area contributed by atoms with E-state index in [1.807, 2.05) is 12.1 Å². The molecule has 0 amide bonds. The molecule has 2 heterocycles. The van der Waals surface area contributed by atoms with Crippen LogP contribution < -0.4 is 4.90 Å². The first-order valence-electron chi connectivity index (χ1n) is 21.5. The maximum Gasteiger partial charge on any atom is 0.136 e. The van der Waals surface area contributed by atoms with Crippen LogP contribution >= 0.6 is 0 Å². The highest BCUT2D eigenvalue weighted by Gasteiger charge is 2.19. The molecule has 0 radical (unpaired) electrons. The monoisotopic (exact) mass is 804 g/mol. The Morgan fingerprint density at radius 3 is 1.60 bits per heavy atom. The lowest BCUT2D eigenvalue weighted by Crippen LogP contribution is -2.11. The van der Waals surface area contributed by atoms with Gasteiger partial charge in [0.1, 0.15) is 11.2 Å². The molecule has 296 valence electrons. The molecule has 0 saturated carbocycles. The van der Waals surface area contributed by atoms with Gasteiger partial charge in [-0.25, -0.2) is 0 Å². The second-order valence-corrected chi connectivity index (χ2v) is 16.1. The highest BCUT2D eigenvalue weighted by atomic mass is 16.3. The SMILES string of the molecule is c1ccc(-c2ccc(-c3ccccc3N(c3ccc(-c4cccc(-n5c6ccccc6c6ccccc65)c4)cc3)c3cccc(-c4ccc5c(c4)oc4ccccc45)c3)cc2)cc1. The molecule has 0 unspecified atom stereocenters. The van der Waals surface area contributed by atoms with Crippen LogP contribution in [0, 0.1) is 0 Å². The molecule has 0 spiro atoms. The minimum absolute atomic E-state index is 0.887. The van der Waals surface area contributed by atoms with E-state index in [2.05, 4.69) is 240 Å². The van der Waals surface area contributed by atoms with Gasteiger partial charge in [-0.15, -0.1) is 0 Å². The molecule has 0 N–H and O–H groups in total. The Balaban J connectivity index is 0.964. The highest BCUT2D eigenvalue weighted by Crippen LogP contribution is 2.43. The van der Waals surface area contributed by atoms with Crippen LogP contribution in [-0.4, -0.2) is 4.57 Å². The first kappa shape index (κ1) is 36.5. The predicted molar refractivity (Wildman–Crippen MR) is 264 cm³/mol. The third-order valence-electron chi connectivity index (χ3n) is 12.4. The summed E-state index contributed by atoms with van der Waals surface area (Å²) in [5, 5.41) is 4.78. The van der Waals surface area contributed by atoms with Gasteiger partial charge in [0.15, 0.2) is 0 Å². The smallest absolute Gasteiger partial charge is 0.136 e. The highest BCUT2D eigenvalue weighted by molar-refractivity contribution is 6.09. The van der Waals surface area contributed by atoms with Gasteiger partial charge in [-0.05, 0) is 112 Å². The summed E-state index contributed by atoms with van der Waals surface area (Å²) in [5.74, 6) is 0. The van der Waals surface area contributed by atoms with Crippen molar-refractivity contribution in [2.24, 2.45) is 0 Å². The van der Waals surface area contributed by atoms with E-state index in [9.17, 15) is 0 Å². The number of hydrogen-bond acceptors (Lipinski definition) is 2. The van der Waals surface area contributed by atoms with Gasteiger partial charge in [-0.1, -0.05) is 170 Å². The van der Waals surface area contributed by atoms with E-state index in [1.165, 1.54) is 32.9 Å². The van der Waals surface area contributed by atoms with Crippen LogP contribution in [0.5, 0.6) is 0 Å². The lowest BCUT2D eigenvalue weighted by atomic mass is 9.97. The van der Waals surface area contributed by atoms with E-state index in [-0.39, 0.29) is 0 Å². The maximum atomic E-state index is 6.33. The molecule has 0 atom stereocenters. The van der Waals surface area contributed by atoms with Gasteiger partial charge in [-0.3, -0.25) is 0 Å². The first-order valence-corrected chi connectivity index (χ1v) is 21.5. The molecule has 3 nitrogen and oxygen atoms in total. The molecule has 12 rings (SSSR count). The van der Waals surface area contributed by atoms with Gasteiger partial charge in [-0.2, -0.15) is 0 Å². The molecule has 0 fully saturated rings. The van der Waals surface area contributed by atoms with Crippen molar-refractivity contribution < 1.29 is 4.42 Å². The Morgan fingerprint density at radius 1 is 0.302 bits per heavy atom. The third-order valence-corrected chi connectivity index (χ3v) is 12.4. The van der Waals surface area contributed by atoms with Gasteiger partial charge in [0.2, 0.25) is 0 Å². The fraction of sp³-hybridized carbons (Fsp3) is 0. The number of hydrogen-bond donors (Lipinski definition) is 0. The van der Waals surface area contributed by atoms with Gasteiger partial charge < -0.3 is 13.9 Å². The summed E-state index contributed by atoms with van der Waals surface area (Å²) in [5.41, 5.74) is 17.8.